The van der Waals surface area contributed by atoms with Gasteiger partial charge in [0.1, 0.15) is 0 Å². The Kier molecular flexibility index (Phi) is 5.67. The molecule has 6 heteroatoms. The van der Waals surface area contributed by atoms with Gasteiger partial charge in [-0.3, -0.25) is 9.59 Å². The third-order valence-corrected chi connectivity index (χ3v) is 5.61. The van der Waals surface area contributed by atoms with Crippen LogP contribution in [0.5, 0.6) is 0 Å². The molecule has 0 aromatic carbocycles. The standard InChI is InChI=1S/C17H25N3O2S/c21-16(5-8-18-6-1-2-7-18)19-9-11-20(12-10-19)17(22)14-15-4-3-13-23-15/h3-4,13H,1-2,5-12,14H2. The Morgan fingerprint density at radius 2 is 1.61 bits per heavy atom. The number of hydrogen-bond donors (Lipinski definition) is 0. The Hall–Kier alpha value is -1.40. The van der Waals surface area contributed by atoms with E-state index in [1.807, 2.05) is 27.3 Å². The van der Waals surface area contributed by atoms with Crippen LogP contribution in [0.1, 0.15) is 24.1 Å². The molecule has 0 unspecified atom stereocenters. The molecular weight excluding hydrogens is 310 g/mol. The number of nitrogens with zero attached hydrogens (tertiary/aromatic N) is 3. The SMILES string of the molecule is O=C(CCN1CCCC1)N1CCN(C(=O)Cc2cccs2)CC1. The lowest BCUT2D eigenvalue weighted by molar-refractivity contribution is -0.139. The van der Waals surface area contributed by atoms with E-state index in [1.54, 1.807) is 11.3 Å². The highest BCUT2D eigenvalue weighted by Gasteiger charge is 2.24. The first kappa shape index (κ1) is 16.5. The largest absolute Gasteiger partial charge is 0.339 e. The van der Waals surface area contributed by atoms with E-state index < -0.39 is 0 Å². The number of carbonyl (C=O) groups excluding carboxylic acids is 2. The quantitative estimate of drug-likeness (QED) is 0.818. The molecule has 0 atom stereocenters. The molecule has 3 heterocycles. The maximum absolute atomic E-state index is 12.3. The minimum absolute atomic E-state index is 0.177. The van der Waals surface area contributed by atoms with Gasteiger partial charge in [0.25, 0.3) is 0 Å². The average Bonchev–Trinajstić information content (AvgIpc) is 3.26. The van der Waals surface area contributed by atoms with Gasteiger partial charge >= 0.3 is 0 Å². The predicted molar refractivity (Wildman–Crippen MR) is 91.5 cm³/mol. The molecule has 2 aliphatic heterocycles. The Morgan fingerprint density at radius 1 is 0.957 bits per heavy atom. The van der Waals surface area contributed by atoms with Crippen LogP contribution in [-0.2, 0) is 16.0 Å². The van der Waals surface area contributed by atoms with Gasteiger partial charge in [-0.05, 0) is 37.4 Å². The van der Waals surface area contributed by atoms with Crippen molar-refractivity contribution in [2.75, 3.05) is 45.8 Å². The summed E-state index contributed by atoms with van der Waals surface area (Å²) in [5, 5.41) is 2.00. The van der Waals surface area contributed by atoms with Gasteiger partial charge in [0.2, 0.25) is 11.8 Å². The first-order valence-electron chi connectivity index (χ1n) is 8.52. The summed E-state index contributed by atoms with van der Waals surface area (Å²) in [5.74, 6) is 0.416. The number of amides is 2. The molecule has 1 aromatic heterocycles. The molecule has 0 radical (unpaired) electrons. The van der Waals surface area contributed by atoms with E-state index in [4.69, 9.17) is 0 Å². The van der Waals surface area contributed by atoms with Gasteiger partial charge in [-0.15, -0.1) is 11.3 Å². The topological polar surface area (TPSA) is 43.9 Å². The van der Waals surface area contributed by atoms with Crippen molar-refractivity contribution in [1.82, 2.24) is 14.7 Å². The number of piperazine rings is 1. The summed E-state index contributed by atoms with van der Waals surface area (Å²) in [4.78, 5) is 31.8. The Bertz CT molecular complexity index is 518. The van der Waals surface area contributed by atoms with Crippen molar-refractivity contribution < 1.29 is 9.59 Å². The molecular formula is C17H25N3O2S. The summed E-state index contributed by atoms with van der Waals surface area (Å²) in [5.41, 5.74) is 0. The predicted octanol–water partition coefficient (Wildman–Crippen LogP) is 1.45. The van der Waals surface area contributed by atoms with Crippen LogP contribution in [0.2, 0.25) is 0 Å². The molecule has 0 saturated carbocycles. The monoisotopic (exact) mass is 335 g/mol. The first-order valence-corrected chi connectivity index (χ1v) is 9.40. The Labute approximate surface area is 141 Å². The van der Waals surface area contributed by atoms with Gasteiger partial charge in [-0.2, -0.15) is 0 Å². The Morgan fingerprint density at radius 3 is 2.22 bits per heavy atom. The number of hydrogen-bond acceptors (Lipinski definition) is 4. The van der Waals surface area contributed by atoms with E-state index in [2.05, 4.69) is 4.90 Å². The summed E-state index contributed by atoms with van der Waals surface area (Å²) in [7, 11) is 0. The van der Waals surface area contributed by atoms with E-state index in [9.17, 15) is 9.59 Å². The van der Waals surface area contributed by atoms with E-state index in [0.29, 0.717) is 39.0 Å². The zero-order valence-corrected chi connectivity index (χ0v) is 14.4. The summed E-state index contributed by atoms with van der Waals surface area (Å²) in [6.07, 6.45) is 3.63. The molecule has 126 valence electrons. The van der Waals surface area contributed by atoms with Crippen molar-refractivity contribution in [2.45, 2.75) is 25.7 Å². The maximum Gasteiger partial charge on any atom is 0.227 e. The highest BCUT2D eigenvalue weighted by atomic mass is 32.1. The molecule has 0 N–H and O–H groups in total. The lowest BCUT2D eigenvalue weighted by Crippen LogP contribution is -2.51. The Balaban J connectivity index is 1.39. The second-order valence-corrected chi connectivity index (χ2v) is 7.35. The summed E-state index contributed by atoms with van der Waals surface area (Å²) in [6, 6.07) is 3.98. The van der Waals surface area contributed by atoms with E-state index in [0.717, 1.165) is 24.5 Å². The van der Waals surface area contributed by atoms with Gasteiger partial charge < -0.3 is 14.7 Å². The zero-order valence-electron chi connectivity index (χ0n) is 13.6. The third-order valence-electron chi connectivity index (χ3n) is 4.73. The fourth-order valence-corrected chi connectivity index (χ4v) is 3.99. The number of thiophene rings is 1. The van der Waals surface area contributed by atoms with Gasteiger partial charge in [0.05, 0.1) is 6.42 Å². The summed E-state index contributed by atoms with van der Waals surface area (Å²) in [6.45, 7) is 5.84. The van der Waals surface area contributed by atoms with Crippen LogP contribution in [0.4, 0.5) is 0 Å². The lowest BCUT2D eigenvalue weighted by atomic mass is 10.2. The van der Waals surface area contributed by atoms with Crippen molar-refractivity contribution in [1.29, 1.82) is 0 Å². The molecule has 23 heavy (non-hydrogen) atoms. The smallest absolute Gasteiger partial charge is 0.227 e. The second-order valence-electron chi connectivity index (χ2n) is 6.32. The first-order chi connectivity index (χ1) is 11.2. The highest BCUT2D eigenvalue weighted by Crippen LogP contribution is 2.13. The van der Waals surface area contributed by atoms with Gasteiger partial charge in [0, 0.05) is 44.0 Å². The van der Waals surface area contributed by atoms with Crippen LogP contribution in [0, 0.1) is 0 Å². The number of rotatable bonds is 5. The maximum atomic E-state index is 12.3. The van der Waals surface area contributed by atoms with Crippen molar-refractivity contribution >= 4 is 23.2 Å². The fourth-order valence-electron chi connectivity index (χ4n) is 3.30. The van der Waals surface area contributed by atoms with Crippen LogP contribution >= 0.6 is 11.3 Å². The molecule has 1 aromatic rings. The highest BCUT2D eigenvalue weighted by molar-refractivity contribution is 7.10. The van der Waals surface area contributed by atoms with Crippen LogP contribution in [0.15, 0.2) is 17.5 Å². The average molecular weight is 335 g/mol. The van der Waals surface area contributed by atoms with Crippen molar-refractivity contribution in [3.8, 4) is 0 Å². The van der Waals surface area contributed by atoms with E-state index >= 15 is 0 Å². The van der Waals surface area contributed by atoms with Gasteiger partial charge in [-0.25, -0.2) is 0 Å². The molecule has 5 nitrogen and oxygen atoms in total. The summed E-state index contributed by atoms with van der Waals surface area (Å²) < 4.78 is 0. The van der Waals surface area contributed by atoms with Gasteiger partial charge in [-0.1, -0.05) is 6.07 Å². The number of likely N-dealkylation sites (tertiary alicyclic amines) is 1. The molecule has 0 bridgehead atoms. The minimum atomic E-state index is 0.177. The minimum Gasteiger partial charge on any atom is -0.339 e. The van der Waals surface area contributed by atoms with Crippen molar-refractivity contribution in [3.05, 3.63) is 22.4 Å². The molecule has 2 aliphatic rings. The van der Waals surface area contributed by atoms with Crippen LogP contribution in [0.25, 0.3) is 0 Å². The van der Waals surface area contributed by atoms with Crippen molar-refractivity contribution in [2.24, 2.45) is 0 Å². The fraction of sp³-hybridized carbons (Fsp3) is 0.647. The normalized spacial score (nSPS) is 19.3. The van der Waals surface area contributed by atoms with Crippen LogP contribution < -0.4 is 0 Å². The summed E-state index contributed by atoms with van der Waals surface area (Å²) >= 11 is 1.62. The van der Waals surface area contributed by atoms with Gasteiger partial charge in [0.15, 0.2) is 0 Å². The van der Waals surface area contributed by atoms with Crippen LogP contribution in [0.3, 0.4) is 0 Å². The van der Waals surface area contributed by atoms with Crippen LogP contribution in [-0.4, -0.2) is 72.3 Å². The molecule has 3 rings (SSSR count). The number of carbonyl (C=O) groups is 2. The third kappa shape index (κ3) is 4.54. The zero-order chi connectivity index (χ0) is 16.1. The molecule has 2 fully saturated rings. The molecule has 0 aliphatic carbocycles. The molecule has 0 spiro atoms. The second kappa shape index (κ2) is 7.93. The lowest BCUT2D eigenvalue weighted by Gasteiger charge is -2.35. The molecule has 2 saturated heterocycles. The van der Waals surface area contributed by atoms with E-state index in [1.165, 1.54) is 12.8 Å². The molecule has 2 amide bonds. The van der Waals surface area contributed by atoms with Crippen molar-refractivity contribution in [3.63, 3.8) is 0 Å². The van der Waals surface area contributed by atoms with E-state index in [-0.39, 0.29) is 11.8 Å².